The van der Waals surface area contributed by atoms with Gasteiger partial charge in [-0.25, -0.2) is 8.42 Å². The minimum atomic E-state index is -2.72. The van der Waals surface area contributed by atoms with E-state index in [1.54, 1.807) is 0 Å². The lowest BCUT2D eigenvalue weighted by molar-refractivity contribution is 0.322. The summed E-state index contributed by atoms with van der Waals surface area (Å²) in [5.74, 6) is 1.78. The summed E-state index contributed by atoms with van der Waals surface area (Å²) in [6.07, 6.45) is 5.78. The van der Waals surface area contributed by atoms with E-state index in [4.69, 9.17) is 0 Å². The second-order valence-corrected chi connectivity index (χ2v) is 7.21. The highest BCUT2D eigenvalue weighted by molar-refractivity contribution is 7.91. The third kappa shape index (κ3) is 4.42. The quantitative estimate of drug-likeness (QED) is 0.698. The van der Waals surface area contributed by atoms with Crippen LogP contribution in [0.5, 0.6) is 0 Å². The molecule has 0 aromatic rings. The molecule has 1 rings (SSSR count). The highest BCUT2D eigenvalue weighted by atomic mass is 32.2. The standard InChI is InChI=1S/C12H25NO2S/c1-3-4-5-6-11(9-13-2)12-7-8-16(14,15)10-12/h11-13H,3-10H2,1-2H3. The van der Waals surface area contributed by atoms with Crippen LogP contribution in [0.4, 0.5) is 0 Å². The zero-order valence-electron chi connectivity index (χ0n) is 10.5. The van der Waals surface area contributed by atoms with Crippen LogP contribution in [0.1, 0.15) is 39.0 Å². The monoisotopic (exact) mass is 247 g/mol. The van der Waals surface area contributed by atoms with Crippen LogP contribution in [-0.4, -0.2) is 33.5 Å². The van der Waals surface area contributed by atoms with Crippen LogP contribution in [-0.2, 0) is 9.84 Å². The van der Waals surface area contributed by atoms with Gasteiger partial charge >= 0.3 is 0 Å². The first-order valence-electron chi connectivity index (χ1n) is 6.44. The topological polar surface area (TPSA) is 46.2 Å². The number of rotatable bonds is 7. The highest BCUT2D eigenvalue weighted by Crippen LogP contribution is 2.29. The van der Waals surface area contributed by atoms with Crippen molar-refractivity contribution in [2.75, 3.05) is 25.1 Å². The van der Waals surface area contributed by atoms with Crippen LogP contribution in [0.2, 0.25) is 0 Å². The van der Waals surface area contributed by atoms with Gasteiger partial charge in [0.25, 0.3) is 0 Å². The van der Waals surface area contributed by atoms with Crippen LogP contribution in [0, 0.1) is 11.8 Å². The average molecular weight is 247 g/mol. The van der Waals surface area contributed by atoms with Gasteiger partial charge in [-0.05, 0) is 38.3 Å². The first kappa shape index (κ1) is 14.0. The predicted octanol–water partition coefficient (Wildman–Crippen LogP) is 1.84. The van der Waals surface area contributed by atoms with Gasteiger partial charge in [0.2, 0.25) is 0 Å². The van der Waals surface area contributed by atoms with Crippen molar-refractivity contribution < 1.29 is 8.42 Å². The molecular formula is C12H25NO2S. The van der Waals surface area contributed by atoms with Gasteiger partial charge in [-0.2, -0.15) is 0 Å². The predicted molar refractivity (Wildman–Crippen MR) is 68.3 cm³/mol. The third-order valence-electron chi connectivity index (χ3n) is 3.58. The molecule has 1 aliphatic rings. The lowest BCUT2D eigenvalue weighted by Gasteiger charge is -2.22. The van der Waals surface area contributed by atoms with Crippen molar-refractivity contribution in [1.82, 2.24) is 5.32 Å². The molecule has 0 aliphatic carbocycles. The minimum Gasteiger partial charge on any atom is -0.319 e. The molecular weight excluding hydrogens is 222 g/mol. The Balaban J connectivity index is 2.43. The molecule has 0 amide bonds. The molecule has 0 aromatic heterocycles. The van der Waals surface area contributed by atoms with Gasteiger partial charge in [0.05, 0.1) is 11.5 Å². The lowest BCUT2D eigenvalue weighted by atomic mass is 9.87. The molecule has 1 fully saturated rings. The van der Waals surface area contributed by atoms with Crippen molar-refractivity contribution in [3.63, 3.8) is 0 Å². The maximum absolute atomic E-state index is 11.5. The van der Waals surface area contributed by atoms with Crippen molar-refractivity contribution in [2.24, 2.45) is 11.8 Å². The minimum absolute atomic E-state index is 0.398. The first-order valence-corrected chi connectivity index (χ1v) is 8.26. The average Bonchev–Trinajstić information content (AvgIpc) is 2.58. The van der Waals surface area contributed by atoms with Crippen LogP contribution >= 0.6 is 0 Å². The molecule has 1 aliphatic heterocycles. The Kier molecular flexibility index (Phi) is 5.76. The summed E-state index contributed by atoms with van der Waals surface area (Å²) >= 11 is 0. The van der Waals surface area contributed by atoms with Gasteiger partial charge in [-0.1, -0.05) is 26.2 Å². The van der Waals surface area contributed by atoms with Crippen LogP contribution in [0.15, 0.2) is 0 Å². The van der Waals surface area contributed by atoms with Crippen molar-refractivity contribution in [1.29, 1.82) is 0 Å². The van der Waals surface area contributed by atoms with E-state index in [1.807, 2.05) is 7.05 Å². The zero-order valence-corrected chi connectivity index (χ0v) is 11.4. The Morgan fingerprint density at radius 1 is 1.38 bits per heavy atom. The fourth-order valence-corrected chi connectivity index (χ4v) is 4.54. The summed E-state index contributed by atoms with van der Waals surface area (Å²) in [5, 5.41) is 3.20. The highest BCUT2D eigenvalue weighted by Gasteiger charge is 2.32. The maximum Gasteiger partial charge on any atom is 0.150 e. The molecule has 2 unspecified atom stereocenters. The molecule has 96 valence electrons. The molecule has 0 saturated carbocycles. The number of unbranched alkanes of at least 4 members (excludes halogenated alkanes) is 2. The molecule has 1 saturated heterocycles. The smallest absolute Gasteiger partial charge is 0.150 e. The number of nitrogens with one attached hydrogen (secondary N) is 1. The zero-order chi connectivity index (χ0) is 12.0. The molecule has 0 spiro atoms. The van der Waals surface area contributed by atoms with E-state index in [9.17, 15) is 8.42 Å². The largest absolute Gasteiger partial charge is 0.319 e. The van der Waals surface area contributed by atoms with Gasteiger partial charge < -0.3 is 5.32 Å². The molecule has 1 heterocycles. The Morgan fingerprint density at radius 3 is 2.62 bits per heavy atom. The molecule has 2 atom stereocenters. The van der Waals surface area contributed by atoms with Crippen molar-refractivity contribution in [2.45, 2.75) is 39.0 Å². The Labute approximate surface area is 99.9 Å². The lowest BCUT2D eigenvalue weighted by Crippen LogP contribution is -2.26. The number of hydrogen-bond acceptors (Lipinski definition) is 3. The van der Waals surface area contributed by atoms with Gasteiger partial charge in [-0.15, -0.1) is 0 Å². The van der Waals surface area contributed by atoms with Crippen molar-refractivity contribution in [3.05, 3.63) is 0 Å². The Bertz CT molecular complexity index is 287. The normalized spacial score (nSPS) is 25.8. The second-order valence-electron chi connectivity index (χ2n) is 4.98. The van der Waals surface area contributed by atoms with Crippen molar-refractivity contribution in [3.8, 4) is 0 Å². The van der Waals surface area contributed by atoms with Crippen molar-refractivity contribution >= 4 is 9.84 Å². The van der Waals surface area contributed by atoms with E-state index < -0.39 is 9.84 Å². The van der Waals surface area contributed by atoms with Gasteiger partial charge in [-0.3, -0.25) is 0 Å². The Morgan fingerprint density at radius 2 is 2.12 bits per heavy atom. The number of hydrogen-bond donors (Lipinski definition) is 1. The van der Waals surface area contributed by atoms with Crippen LogP contribution in [0.25, 0.3) is 0 Å². The Hall–Kier alpha value is -0.0900. The van der Waals surface area contributed by atoms with E-state index in [1.165, 1.54) is 25.7 Å². The maximum atomic E-state index is 11.5. The van der Waals surface area contributed by atoms with E-state index in [0.717, 1.165) is 13.0 Å². The number of sulfone groups is 1. The van der Waals surface area contributed by atoms with E-state index >= 15 is 0 Å². The first-order chi connectivity index (χ1) is 7.59. The van der Waals surface area contributed by atoms with Gasteiger partial charge in [0.1, 0.15) is 0 Å². The molecule has 0 aromatic carbocycles. The summed E-state index contributed by atoms with van der Waals surface area (Å²) in [7, 11) is -0.763. The fraction of sp³-hybridized carbons (Fsp3) is 1.00. The molecule has 16 heavy (non-hydrogen) atoms. The van der Waals surface area contributed by atoms with Gasteiger partial charge in [0, 0.05) is 0 Å². The summed E-state index contributed by atoms with van der Waals surface area (Å²) < 4.78 is 22.9. The second kappa shape index (κ2) is 6.60. The van der Waals surface area contributed by atoms with Crippen LogP contribution in [0.3, 0.4) is 0 Å². The fourth-order valence-electron chi connectivity index (χ4n) is 2.62. The van der Waals surface area contributed by atoms with Crippen LogP contribution < -0.4 is 5.32 Å². The van der Waals surface area contributed by atoms with Gasteiger partial charge in [0.15, 0.2) is 9.84 Å². The van der Waals surface area contributed by atoms with E-state index in [-0.39, 0.29) is 0 Å². The molecule has 1 N–H and O–H groups in total. The summed E-state index contributed by atoms with van der Waals surface area (Å²) in [5.41, 5.74) is 0. The van der Waals surface area contributed by atoms with E-state index in [0.29, 0.717) is 23.3 Å². The molecule has 4 heteroatoms. The summed E-state index contributed by atoms with van der Waals surface area (Å²) in [4.78, 5) is 0. The molecule has 0 bridgehead atoms. The summed E-state index contributed by atoms with van der Waals surface area (Å²) in [6.45, 7) is 3.16. The molecule has 3 nitrogen and oxygen atoms in total. The molecule has 0 radical (unpaired) electrons. The summed E-state index contributed by atoms with van der Waals surface area (Å²) in [6, 6.07) is 0. The van der Waals surface area contributed by atoms with E-state index in [2.05, 4.69) is 12.2 Å². The third-order valence-corrected chi connectivity index (χ3v) is 5.37. The SMILES string of the molecule is CCCCCC(CNC)C1CCS(=O)(=O)C1.